The second kappa shape index (κ2) is 8.74. The van der Waals surface area contributed by atoms with Gasteiger partial charge >= 0.3 is 0 Å². The Morgan fingerprint density at radius 2 is 2.00 bits per heavy atom. The number of sulfonamides is 1. The van der Waals surface area contributed by atoms with Crippen LogP contribution in [0.2, 0.25) is 0 Å². The molecule has 166 valence electrons. The van der Waals surface area contributed by atoms with E-state index in [9.17, 15) is 18.3 Å². The van der Waals surface area contributed by atoms with Crippen molar-refractivity contribution in [2.24, 2.45) is 0 Å². The lowest BCUT2D eigenvalue weighted by Gasteiger charge is -2.32. The van der Waals surface area contributed by atoms with E-state index in [-0.39, 0.29) is 17.2 Å². The minimum atomic E-state index is -3.96. The zero-order valence-electron chi connectivity index (χ0n) is 17.1. The molecule has 0 saturated carbocycles. The molecule has 0 spiro atoms. The number of nitrogen functional groups attached to an aromatic ring is 1. The Hall–Kier alpha value is -2.82. The number of carbonyl (C=O) groups excluding carboxylic acids is 1. The Balaban J connectivity index is 1.59. The number of rotatable bonds is 7. The third kappa shape index (κ3) is 4.60. The van der Waals surface area contributed by atoms with Crippen molar-refractivity contribution in [1.82, 2.24) is 19.2 Å². The molecule has 5 N–H and O–H groups in total. The van der Waals surface area contributed by atoms with Crippen LogP contribution in [0.25, 0.3) is 10.9 Å². The van der Waals surface area contributed by atoms with Crippen LogP contribution in [0, 0.1) is 0 Å². The van der Waals surface area contributed by atoms with Crippen molar-refractivity contribution < 1.29 is 18.3 Å². The van der Waals surface area contributed by atoms with E-state index < -0.39 is 22.2 Å². The number of hydrogen-bond acceptors (Lipinski definition) is 5. The van der Waals surface area contributed by atoms with Gasteiger partial charge in [0.15, 0.2) is 0 Å². The molecule has 2 aromatic heterocycles. The van der Waals surface area contributed by atoms with Gasteiger partial charge in [-0.1, -0.05) is 6.07 Å². The summed E-state index contributed by atoms with van der Waals surface area (Å²) in [5.41, 5.74) is 6.63. The van der Waals surface area contributed by atoms with Gasteiger partial charge in [-0.3, -0.25) is 4.79 Å². The molecule has 31 heavy (non-hydrogen) atoms. The van der Waals surface area contributed by atoms with Crippen LogP contribution in [0.3, 0.4) is 0 Å². The minimum Gasteiger partial charge on any atom is -0.393 e. The van der Waals surface area contributed by atoms with Crippen molar-refractivity contribution in [1.29, 1.82) is 0 Å². The lowest BCUT2D eigenvalue weighted by atomic mass is 10.1. The van der Waals surface area contributed by atoms with Gasteiger partial charge in [0.25, 0.3) is 0 Å². The number of piperidine rings is 1. The fourth-order valence-electron chi connectivity index (χ4n) is 3.98. The van der Waals surface area contributed by atoms with Gasteiger partial charge in [-0.2, -0.15) is 4.72 Å². The number of anilines is 1. The maximum absolute atomic E-state index is 13.3. The number of aliphatic hydroxyl groups excluding tert-OH is 1. The van der Waals surface area contributed by atoms with Crippen LogP contribution < -0.4 is 10.5 Å². The van der Waals surface area contributed by atoms with Gasteiger partial charge in [-0.05, 0) is 49.6 Å². The molecule has 0 bridgehead atoms. The summed E-state index contributed by atoms with van der Waals surface area (Å²) in [5, 5.41) is 10.3. The number of amides is 1. The van der Waals surface area contributed by atoms with Gasteiger partial charge in [0, 0.05) is 42.9 Å². The average molecular weight is 446 g/mol. The number of aryl methyl sites for hydroxylation is 1. The maximum Gasteiger partial charge on any atom is 0.241 e. The first kappa shape index (κ1) is 21.4. The fourth-order valence-corrected chi connectivity index (χ4v) is 5.43. The third-order valence-electron chi connectivity index (χ3n) is 5.74. The Labute approximate surface area is 180 Å². The highest BCUT2D eigenvalue weighted by Crippen LogP contribution is 2.23. The molecular weight excluding hydrogens is 418 g/mol. The molecule has 0 radical (unpaired) electrons. The normalized spacial score (nSPS) is 16.6. The minimum absolute atomic E-state index is 0.124. The van der Waals surface area contributed by atoms with E-state index in [4.69, 9.17) is 5.73 Å². The van der Waals surface area contributed by atoms with Gasteiger partial charge in [0.2, 0.25) is 15.9 Å². The molecule has 1 fully saturated rings. The molecule has 10 heteroatoms. The maximum atomic E-state index is 13.3. The molecule has 3 aromatic rings. The first-order valence-corrected chi connectivity index (χ1v) is 11.8. The Kier molecular flexibility index (Phi) is 6.03. The summed E-state index contributed by atoms with van der Waals surface area (Å²) >= 11 is 0. The van der Waals surface area contributed by atoms with Crippen molar-refractivity contribution >= 4 is 32.7 Å². The number of fused-ring (bicyclic) bond motifs is 1. The number of nitrogens with two attached hydrogens (primary N) is 1. The number of hydrogen-bond donors (Lipinski definition) is 4. The van der Waals surface area contributed by atoms with Gasteiger partial charge in [-0.15, -0.1) is 0 Å². The Morgan fingerprint density at radius 3 is 2.71 bits per heavy atom. The highest BCUT2D eigenvalue weighted by molar-refractivity contribution is 7.89. The predicted molar refractivity (Wildman–Crippen MR) is 118 cm³/mol. The summed E-state index contributed by atoms with van der Waals surface area (Å²) < 4.78 is 30.9. The van der Waals surface area contributed by atoms with E-state index in [1.54, 1.807) is 52.2 Å². The summed E-state index contributed by atoms with van der Waals surface area (Å²) in [4.78, 5) is 18.0. The molecule has 1 unspecified atom stereocenters. The summed E-state index contributed by atoms with van der Waals surface area (Å²) in [6.45, 7) is 1.19. The second-order valence-electron chi connectivity index (χ2n) is 7.84. The first-order chi connectivity index (χ1) is 14.8. The van der Waals surface area contributed by atoms with Crippen LogP contribution in [0.5, 0.6) is 0 Å². The molecule has 1 aromatic carbocycles. The van der Waals surface area contributed by atoms with E-state index in [1.165, 1.54) is 6.07 Å². The van der Waals surface area contributed by atoms with Crippen LogP contribution >= 0.6 is 0 Å². The standard InChI is InChI=1S/C21H27N5O4S/c22-20-5-2-11-25(20)14-9-18(21(28)26-12-7-15(27)8-13-26)24-31(29,30)19-4-1-3-17-16(19)6-10-23-17/h1-6,10-11,15,18,23-24,27H,7-9,12-14,22H2. The molecule has 1 aliphatic rings. The van der Waals surface area contributed by atoms with Gasteiger partial charge in [0.05, 0.1) is 11.0 Å². The average Bonchev–Trinajstić information content (AvgIpc) is 3.39. The predicted octanol–water partition coefficient (Wildman–Crippen LogP) is 1.27. The topological polar surface area (TPSA) is 133 Å². The molecule has 1 aliphatic heterocycles. The fraction of sp³-hybridized carbons (Fsp3) is 0.381. The summed E-state index contributed by atoms with van der Waals surface area (Å²) in [6.07, 6.45) is 4.27. The van der Waals surface area contributed by atoms with E-state index in [0.717, 1.165) is 0 Å². The Morgan fingerprint density at radius 1 is 1.23 bits per heavy atom. The van der Waals surface area contributed by atoms with Crippen LogP contribution in [-0.4, -0.2) is 59.1 Å². The number of aliphatic hydroxyl groups is 1. The number of nitrogens with one attached hydrogen (secondary N) is 2. The lowest BCUT2D eigenvalue weighted by molar-refractivity contribution is -0.135. The van der Waals surface area contributed by atoms with Crippen molar-refractivity contribution in [2.45, 2.75) is 42.8 Å². The third-order valence-corrected chi connectivity index (χ3v) is 7.27. The molecule has 9 nitrogen and oxygen atoms in total. The molecular formula is C21H27N5O4S. The summed E-state index contributed by atoms with van der Waals surface area (Å²) in [7, 11) is -3.96. The highest BCUT2D eigenvalue weighted by atomic mass is 32.2. The van der Waals surface area contributed by atoms with Crippen molar-refractivity contribution in [2.75, 3.05) is 18.8 Å². The molecule has 3 heterocycles. The smallest absolute Gasteiger partial charge is 0.241 e. The van der Waals surface area contributed by atoms with Crippen LogP contribution in [0.1, 0.15) is 19.3 Å². The second-order valence-corrected chi connectivity index (χ2v) is 9.52. The van der Waals surface area contributed by atoms with Gasteiger partial charge in [-0.25, -0.2) is 8.42 Å². The van der Waals surface area contributed by atoms with Crippen molar-refractivity contribution in [3.63, 3.8) is 0 Å². The van der Waals surface area contributed by atoms with Crippen LogP contribution in [0.4, 0.5) is 5.82 Å². The number of aromatic amines is 1. The molecule has 1 amide bonds. The number of aromatic nitrogens is 2. The van der Waals surface area contributed by atoms with E-state index in [1.807, 2.05) is 0 Å². The van der Waals surface area contributed by atoms with E-state index in [2.05, 4.69) is 9.71 Å². The number of H-pyrrole nitrogens is 1. The number of nitrogens with zero attached hydrogens (tertiary/aromatic N) is 2. The molecule has 0 aliphatic carbocycles. The largest absolute Gasteiger partial charge is 0.393 e. The molecule has 1 atom stereocenters. The Bertz CT molecular complexity index is 1160. The molecule has 4 rings (SSSR count). The SMILES string of the molecule is Nc1cccn1CCC(NS(=O)(=O)c1cccc2[nH]ccc12)C(=O)N1CCC(O)CC1. The number of benzene rings is 1. The lowest BCUT2D eigenvalue weighted by Crippen LogP contribution is -2.51. The highest BCUT2D eigenvalue weighted by Gasteiger charge is 2.32. The summed E-state index contributed by atoms with van der Waals surface area (Å²) in [5.74, 6) is 0.259. The summed E-state index contributed by atoms with van der Waals surface area (Å²) in [6, 6.07) is 9.29. The first-order valence-electron chi connectivity index (χ1n) is 10.3. The van der Waals surface area contributed by atoms with Crippen molar-refractivity contribution in [3.8, 4) is 0 Å². The van der Waals surface area contributed by atoms with Crippen LogP contribution in [-0.2, 0) is 21.4 Å². The monoisotopic (exact) mass is 445 g/mol. The number of carbonyl (C=O) groups is 1. The van der Waals surface area contributed by atoms with E-state index >= 15 is 0 Å². The zero-order chi connectivity index (χ0) is 22.0. The number of likely N-dealkylation sites (tertiary alicyclic amines) is 1. The quantitative estimate of drug-likeness (QED) is 0.435. The van der Waals surface area contributed by atoms with Crippen molar-refractivity contribution in [3.05, 3.63) is 48.8 Å². The molecule has 1 saturated heterocycles. The van der Waals surface area contributed by atoms with Gasteiger partial charge in [0.1, 0.15) is 11.9 Å². The zero-order valence-corrected chi connectivity index (χ0v) is 17.9. The van der Waals surface area contributed by atoms with E-state index in [0.29, 0.717) is 49.2 Å². The van der Waals surface area contributed by atoms with Crippen LogP contribution in [0.15, 0.2) is 53.7 Å². The van der Waals surface area contributed by atoms with Gasteiger partial charge < -0.3 is 25.3 Å².